The molecule has 9 heteroatoms. The molecule has 0 aromatic heterocycles. The van der Waals surface area contributed by atoms with Crippen LogP contribution >= 0.6 is 23.2 Å². The van der Waals surface area contributed by atoms with Crippen LogP contribution in [-0.4, -0.2) is 41.9 Å². The fourth-order valence-corrected chi connectivity index (χ4v) is 0.881. The number of halogens is 2. The number of carbonyl (C=O) groups is 2. The SMILES string of the molecule is O=NN(CCCl)C(=O)NC(=O)NCCCl. The summed E-state index contributed by atoms with van der Waals surface area (Å²) >= 11 is 10.6. The van der Waals surface area contributed by atoms with Crippen LogP contribution < -0.4 is 10.6 Å². The summed E-state index contributed by atoms with van der Waals surface area (Å²) in [5.74, 6) is 0.265. The zero-order chi connectivity index (χ0) is 11.7. The van der Waals surface area contributed by atoms with Gasteiger partial charge in [-0.3, -0.25) is 5.32 Å². The van der Waals surface area contributed by atoms with Gasteiger partial charge < -0.3 is 5.32 Å². The van der Waals surface area contributed by atoms with Crippen LogP contribution in [0.2, 0.25) is 0 Å². The molecule has 0 fully saturated rings. The predicted molar refractivity (Wildman–Crippen MR) is 55.9 cm³/mol. The van der Waals surface area contributed by atoms with Gasteiger partial charge in [0.1, 0.15) is 0 Å². The van der Waals surface area contributed by atoms with E-state index in [1.54, 1.807) is 0 Å². The monoisotopic (exact) mass is 256 g/mol. The van der Waals surface area contributed by atoms with E-state index in [2.05, 4.69) is 10.6 Å². The summed E-state index contributed by atoms with van der Waals surface area (Å²) in [5.41, 5.74) is 0. The van der Waals surface area contributed by atoms with Crippen molar-refractivity contribution in [3.05, 3.63) is 4.91 Å². The molecule has 0 saturated heterocycles. The van der Waals surface area contributed by atoms with E-state index >= 15 is 0 Å². The zero-order valence-corrected chi connectivity index (χ0v) is 9.22. The summed E-state index contributed by atoms with van der Waals surface area (Å²) in [5, 5.41) is 7.05. The second kappa shape index (κ2) is 8.25. The minimum atomic E-state index is -0.933. The van der Waals surface area contributed by atoms with Crippen molar-refractivity contribution in [1.29, 1.82) is 0 Å². The summed E-state index contributed by atoms with van der Waals surface area (Å²) in [6.07, 6.45) is 0. The van der Waals surface area contributed by atoms with E-state index < -0.39 is 12.1 Å². The van der Waals surface area contributed by atoms with Crippen LogP contribution in [0.5, 0.6) is 0 Å². The van der Waals surface area contributed by atoms with Crippen LogP contribution in [-0.2, 0) is 0 Å². The molecule has 86 valence electrons. The summed E-state index contributed by atoms with van der Waals surface area (Å²) in [6.45, 7) is 0.143. The van der Waals surface area contributed by atoms with Crippen molar-refractivity contribution in [3.8, 4) is 0 Å². The Morgan fingerprint density at radius 3 is 2.40 bits per heavy atom. The molecule has 0 aliphatic rings. The van der Waals surface area contributed by atoms with E-state index in [1.807, 2.05) is 5.32 Å². The number of urea groups is 2. The van der Waals surface area contributed by atoms with Gasteiger partial charge in [0, 0.05) is 18.3 Å². The minimum absolute atomic E-state index is 0.0441. The molecule has 15 heavy (non-hydrogen) atoms. The van der Waals surface area contributed by atoms with E-state index in [1.165, 1.54) is 0 Å². The molecule has 0 atom stereocenters. The largest absolute Gasteiger partial charge is 0.348 e. The van der Waals surface area contributed by atoms with Crippen molar-refractivity contribution >= 4 is 35.3 Å². The lowest BCUT2D eigenvalue weighted by Gasteiger charge is -2.12. The van der Waals surface area contributed by atoms with Gasteiger partial charge in [-0.05, 0) is 0 Å². The van der Waals surface area contributed by atoms with E-state index in [9.17, 15) is 14.5 Å². The van der Waals surface area contributed by atoms with Crippen LogP contribution in [0.3, 0.4) is 0 Å². The van der Waals surface area contributed by atoms with Gasteiger partial charge in [0.15, 0.2) is 0 Å². The van der Waals surface area contributed by atoms with Crippen LogP contribution in [0.1, 0.15) is 0 Å². The van der Waals surface area contributed by atoms with Gasteiger partial charge in [0.2, 0.25) is 0 Å². The average Bonchev–Trinajstić information content (AvgIpc) is 2.22. The zero-order valence-electron chi connectivity index (χ0n) is 7.70. The molecule has 7 nitrogen and oxygen atoms in total. The number of rotatable bonds is 5. The lowest BCUT2D eigenvalue weighted by molar-refractivity contribution is 0.199. The van der Waals surface area contributed by atoms with Gasteiger partial charge >= 0.3 is 12.1 Å². The Morgan fingerprint density at radius 1 is 1.27 bits per heavy atom. The van der Waals surface area contributed by atoms with Gasteiger partial charge in [-0.15, -0.1) is 28.1 Å². The third-order valence-electron chi connectivity index (χ3n) is 1.23. The first-order valence-electron chi connectivity index (χ1n) is 3.97. The van der Waals surface area contributed by atoms with Crippen LogP contribution in [0.4, 0.5) is 9.59 Å². The van der Waals surface area contributed by atoms with Gasteiger partial charge in [0.05, 0.1) is 11.8 Å². The van der Waals surface area contributed by atoms with Gasteiger partial charge in [-0.25, -0.2) is 9.59 Å². The van der Waals surface area contributed by atoms with Crippen molar-refractivity contribution in [1.82, 2.24) is 15.6 Å². The topological polar surface area (TPSA) is 90.9 Å². The minimum Gasteiger partial charge on any atom is -0.337 e. The lowest BCUT2D eigenvalue weighted by atomic mass is 10.7. The first-order valence-corrected chi connectivity index (χ1v) is 5.04. The summed E-state index contributed by atoms with van der Waals surface area (Å²) in [6, 6.07) is -1.68. The van der Waals surface area contributed by atoms with Gasteiger partial charge in [-0.2, -0.15) is 5.01 Å². The molecular weight excluding hydrogens is 247 g/mol. The van der Waals surface area contributed by atoms with E-state index in [-0.39, 0.29) is 24.8 Å². The maximum absolute atomic E-state index is 11.1. The average molecular weight is 257 g/mol. The summed E-state index contributed by atoms with van der Waals surface area (Å²) in [4.78, 5) is 32.2. The number of nitrogens with one attached hydrogen (secondary N) is 2. The molecule has 0 aromatic rings. The highest BCUT2D eigenvalue weighted by atomic mass is 35.5. The second-order valence-electron chi connectivity index (χ2n) is 2.27. The van der Waals surface area contributed by atoms with Gasteiger partial charge in [-0.1, -0.05) is 0 Å². The highest BCUT2D eigenvalue weighted by Crippen LogP contribution is 1.91. The molecule has 0 radical (unpaired) electrons. The molecule has 0 unspecified atom stereocenters. The Labute approximate surface area is 96.0 Å². The quantitative estimate of drug-likeness (QED) is 0.435. The Hall–Kier alpha value is -1.08. The third kappa shape index (κ3) is 6.08. The molecule has 0 heterocycles. The van der Waals surface area contributed by atoms with Crippen molar-refractivity contribution in [2.45, 2.75) is 0 Å². The summed E-state index contributed by atoms with van der Waals surface area (Å²) in [7, 11) is 0. The first-order chi connectivity index (χ1) is 7.15. The molecule has 0 spiro atoms. The smallest absolute Gasteiger partial charge is 0.337 e. The third-order valence-corrected chi connectivity index (χ3v) is 1.59. The maximum Gasteiger partial charge on any atom is 0.348 e. The Kier molecular flexibility index (Phi) is 7.65. The van der Waals surface area contributed by atoms with Crippen LogP contribution in [0.25, 0.3) is 0 Å². The van der Waals surface area contributed by atoms with E-state index in [0.717, 1.165) is 0 Å². The number of amides is 4. The second-order valence-corrected chi connectivity index (χ2v) is 3.02. The van der Waals surface area contributed by atoms with Crippen LogP contribution in [0, 0.1) is 4.91 Å². The molecular formula is C6H10Cl2N4O3. The Bertz CT molecular complexity index is 238. The molecule has 0 rings (SSSR count). The molecule has 0 aliphatic carbocycles. The van der Waals surface area contributed by atoms with Crippen LogP contribution in [0.15, 0.2) is 5.29 Å². The van der Waals surface area contributed by atoms with Crippen molar-refractivity contribution in [3.63, 3.8) is 0 Å². The Balaban J connectivity index is 3.98. The molecule has 2 N–H and O–H groups in total. The first kappa shape index (κ1) is 13.9. The highest BCUT2D eigenvalue weighted by molar-refractivity contribution is 6.18. The van der Waals surface area contributed by atoms with Gasteiger partial charge in [0.25, 0.3) is 0 Å². The number of carbonyl (C=O) groups excluding carboxylic acids is 2. The van der Waals surface area contributed by atoms with Crippen molar-refractivity contribution in [2.24, 2.45) is 5.29 Å². The fourth-order valence-electron chi connectivity index (χ4n) is 0.626. The molecule has 0 saturated carbocycles. The number of hydrogen-bond donors (Lipinski definition) is 2. The Morgan fingerprint density at radius 2 is 1.93 bits per heavy atom. The number of nitroso groups, excluding NO2 is 1. The molecule has 0 bridgehead atoms. The number of alkyl halides is 2. The molecule has 4 amide bonds. The standard InChI is InChI=1S/C6H10Cl2N4O3/c7-1-3-9-5(13)10-6(14)12(11-15)4-2-8/h1-4H2,(H2,9,10,13,14). The van der Waals surface area contributed by atoms with Crippen molar-refractivity contribution in [2.75, 3.05) is 24.8 Å². The highest BCUT2D eigenvalue weighted by Gasteiger charge is 2.15. The number of hydrogen-bond acceptors (Lipinski definition) is 4. The maximum atomic E-state index is 11.1. The number of imide groups is 1. The molecule has 0 aliphatic heterocycles. The van der Waals surface area contributed by atoms with E-state index in [4.69, 9.17) is 23.2 Å². The summed E-state index contributed by atoms with van der Waals surface area (Å²) < 4.78 is 0. The van der Waals surface area contributed by atoms with Crippen molar-refractivity contribution < 1.29 is 9.59 Å². The number of nitrogens with zero attached hydrogens (tertiary/aromatic N) is 2. The lowest BCUT2D eigenvalue weighted by Crippen LogP contribution is -2.45. The normalized spacial score (nSPS) is 9.20. The fraction of sp³-hybridized carbons (Fsp3) is 0.667. The molecule has 0 aromatic carbocycles. The van der Waals surface area contributed by atoms with E-state index in [0.29, 0.717) is 5.01 Å². The predicted octanol–water partition coefficient (Wildman–Crippen LogP) is 0.867.